The van der Waals surface area contributed by atoms with Gasteiger partial charge in [-0.25, -0.2) is 0 Å². The van der Waals surface area contributed by atoms with Crippen LogP contribution in [-0.2, 0) is 32.3 Å². The van der Waals surface area contributed by atoms with E-state index >= 15 is 0 Å². The number of carboxylic acids is 2. The van der Waals surface area contributed by atoms with Gasteiger partial charge >= 0.3 is 48.9 Å². The summed E-state index contributed by atoms with van der Waals surface area (Å²) in [6, 6.07) is 29.0. The van der Waals surface area contributed by atoms with Gasteiger partial charge in [-0.1, -0.05) is 151 Å². The van der Waals surface area contributed by atoms with Gasteiger partial charge in [-0.05, 0) is 68.5 Å². The summed E-state index contributed by atoms with van der Waals surface area (Å²) in [4.78, 5) is 52.2. The van der Waals surface area contributed by atoms with E-state index in [1.54, 1.807) is 27.7 Å². The van der Waals surface area contributed by atoms with Gasteiger partial charge in [0.15, 0.2) is 0 Å². The number of nitrogens with zero attached hydrogens (tertiary/aromatic N) is 8. The average molecular weight is 1010 g/mol. The van der Waals surface area contributed by atoms with Crippen LogP contribution in [0.5, 0.6) is 0 Å². The van der Waals surface area contributed by atoms with Crippen LogP contribution in [0.15, 0.2) is 97.1 Å². The molecule has 336 valence electrons. The van der Waals surface area contributed by atoms with Crippen LogP contribution in [0, 0.1) is 11.8 Å². The second kappa shape index (κ2) is 25.8. The molecular weight excluding hydrogens is 950 g/mol. The number of amides is 2. The number of tetrazole rings is 2. The van der Waals surface area contributed by atoms with E-state index in [0.29, 0.717) is 24.5 Å². The number of hydrogen-bond acceptors (Lipinski definition) is 12. The first-order valence-corrected chi connectivity index (χ1v) is 21.7. The van der Waals surface area contributed by atoms with E-state index < -0.39 is 24.0 Å². The van der Waals surface area contributed by atoms with Gasteiger partial charge in [-0.3, -0.25) is 9.59 Å². The molecule has 0 spiro atoms. The van der Waals surface area contributed by atoms with Crippen molar-refractivity contribution in [2.45, 2.75) is 105 Å². The Hall–Kier alpha value is -5.53. The number of hydrogen-bond donors (Lipinski definition) is 2. The first kappa shape index (κ1) is 52.1. The van der Waals surface area contributed by atoms with E-state index in [0.717, 1.165) is 70.2 Å². The number of rotatable bonds is 20. The summed E-state index contributed by atoms with van der Waals surface area (Å²) in [5.41, 5.74) is 7.21. The fraction of sp³-hybridized carbons (Fsp3) is 0.375. The molecule has 0 aliphatic carbocycles. The summed E-state index contributed by atoms with van der Waals surface area (Å²) >= 11 is 0. The predicted octanol–water partition coefficient (Wildman–Crippen LogP) is 5.27. The summed E-state index contributed by atoms with van der Waals surface area (Å²) in [5.74, 6) is -2.29. The number of carbonyl (C=O) groups is 4. The Morgan fingerprint density at radius 2 is 0.877 bits per heavy atom. The van der Waals surface area contributed by atoms with Crippen LogP contribution < -0.4 is 10.2 Å². The van der Waals surface area contributed by atoms with Gasteiger partial charge in [0.25, 0.3) is 0 Å². The van der Waals surface area contributed by atoms with E-state index in [1.807, 2.05) is 111 Å². The number of aromatic amines is 2. The van der Waals surface area contributed by atoms with Gasteiger partial charge in [-0.15, -0.1) is 20.4 Å². The molecule has 0 unspecified atom stereocenters. The zero-order valence-electron chi connectivity index (χ0n) is 37.9. The Kier molecular flexibility index (Phi) is 20.7. The van der Waals surface area contributed by atoms with Crippen LogP contribution in [0.25, 0.3) is 45.0 Å². The predicted molar refractivity (Wildman–Crippen MR) is 243 cm³/mol. The second-order valence-corrected chi connectivity index (χ2v) is 16.2. The standard InChI is InChI=1S/2C24H29N5O3.Ba/c2*1-4-5-10-21(30)29(22(16(2)3)24(31)32)15-17-11-13-18(14-12-17)19-8-6-7-9-20(19)23-25-27-28-26-23;/h2*6-9,11-14,16,22H,4-5,10,15H2,1-3H3,(H,31,32)(H,25,26,27,28);/q;;+2/p-2/t2*22-;/m00./s1. The van der Waals surface area contributed by atoms with E-state index in [1.165, 1.54) is 9.80 Å². The Morgan fingerprint density at radius 1 is 0.538 bits per heavy atom. The number of H-pyrrole nitrogens is 2. The molecule has 2 atom stereocenters. The Bertz CT molecular complexity index is 2240. The topological polar surface area (TPSA) is 230 Å². The molecule has 17 heteroatoms. The maximum absolute atomic E-state index is 12.8. The third-order valence-electron chi connectivity index (χ3n) is 10.8. The number of benzene rings is 4. The molecule has 0 aliphatic heterocycles. The number of unbranched alkanes of at least 4 members (excludes halogenated alkanes) is 2. The van der Waals surface area contributed by atoms with Crippen LogP contribution in [-0.4, -0.2) is 136 Å². The summed E-state index contributed by atoms with van der Waals surface area (Å²) in [6.07, 6.45) is 3.82. The van der Waals surface area contributed by atoms with Gasteiger partial charge in [0, 0.05) is 37.1 Å². The molecule has 0 radical (unpaired) electrons. The smallest absolute Gasteiger partial charge is 0.548 e. The van der Waals surface area contributed by atoms with Crippen molar-refractivity contribution in [2.75, 3.05) is 0 Å². The minimum atomic E-state index is -1.23. The maximum atomic E-state index is 12.8. The number of carboxylic acid groups (broad SMARTS) is 2. The average Bonchev–Trinajstić information content (AvgIpc) is 4.04. The molecule has 0 saturated heterocycles. The van der Waals surface area contributed by atoms with Gasteiger partial charge < -0.3 is 29.6 Å². The quantitative estimate of drug-likeness (QED) is 0.0932. The molecule has 0 saturated carbocycles. The van der Waals surface area contributed by atoms with Crippen LogP contribution in [0.2, 0.25) is 0 Å². The molecule has 0 fully saturated rings. The number of aromatic nitrogens is 8. The molecule has 65 heavy (non-hydrogen) atoms. The molecule has 4 aromatic carbocycles. The first-order chi connectivity index (χ1) is 30.8. The summed E-state index contributed by atoms with van der Waals surface area (Å²) in [5, 5.41) is 52.1. The van der Waals surface area contributed by atoms with Crippen molar-refractivity contribution >= 4 is 72.6 Å². The summed E-state index contributed by atoms with van der Waals surface area (Å²) in [6.45, 7) is 11.6. The van der Waals surface area contributed by atoms with Crippen molar-refractivity contribution in [1.29, 1.82) is 0 Å². The van der Waals surface area contributed by atoms with Crippen molar-refractivity contribution in [3.05, 3.63) is 108 Å². The van der Waals surface area contributed by atoms with E-state index in [4.69, 9.17) is 0 Å². The van der Waals surface area contributed by atoms with Gasteiger partial charge in [-0.2, -0.15) is 10.4 Å². The monoisotopic (exact) mass is 1010 g/mol. The normalized spacial score (nSPS) is 11.8. The Balaban J connectivity index is 0.000000280. The zero-order valence-corrected chi connectivity index (χ0v) is 42.4. The second-order valence-electron chi connectivity index (χ2n) is 16.2. The minimum Gasteiger partial charge on any atom is -0.548 e. The molecule has 0 bridgehead atoms. The van der Waals surface area contributed by atoms with Gasteiger partial charge in [0.2, 0.25) is 23.5 Å². The van der Waals surface area contributed by atoms with Crippen LogP contribution in [0.4, 0.5) is 0 Å². The van der Waals surface area contributed by atoms with E-state index in [9.17, 15) is 29.4 Å². The van der Waals surface area contributed by atoms with E-state index in [-0.39, 0.29) is 85.6 Å². The number of aliphatic carboxylic acids is 2. The van der Waals surface area contributed by atoms with Gasteiger partial charge in [0.1, 0.15) is 0 Å². The molecular formula is C48H56BaN10O6. The van der Waals surface area contributed by atoms with Crippen molar-refractivity contribution < 1.29 is 29.4 Å². The minimum absolute atomic E-state index is 0. The van der Waals surface area contributed by atoms with Crippen molar-refractivity contribution in [3.63, 3.8) is 0 Å². The Morgan fingerprint density at radius 3 is 1.15 bits per heavy atom. The SMILES string of the molecule is CCCCC(=O)N(Cc1ccc(-c2ccccc2-c2nn[nH]n2)cc1)[C@H](C(=O)[O-])C(C)C.CCCCC(=O)N(Cc1ccc(-c2ccccc2-c2nn[nH]n2)cc1)[C@H](C(=O)[O-])C(C)C.[Ba+2]. The fourth-order valence-corrected chi connectivity index (χ4v) is 7.53. The van der Waals surface area contributed by atoms with E-state index in [2.05, 4.69) is 41.2 Å². The molecule has 0 aliphatic rings. The molecule has 2 N–H and O–H groups in total. The zero-order chi connectivity index (χ0) is 46.2. The largest absolute Gasteiger partial charge is 2.00 e. The molecule has 2 heterocycles. The molecule has 2 amide bonds. The molecule has 6 rings (SSSR count). The first-order valence-electron chi connectivity index (χ1n) is 21.7. The van der Waals surface area contributed by atoms with Gasteiger partial charge in [0.05, 0.1) is 24.0 Å². The molecule has 2 aromatic heterocycles. The van der Waals surface area contributed by atoms with Crippen LogP contribution in [0.3, 0.4) is 0 Å². The summed E-state index contributed by atoms with van der Waals surface area (Å²) in [7, 11) is 0. The van der Waals surface area contributed by atoms with Crippen molar-refractivity contribution in [1.82, 2.24) is 51.0 Å². The molecule has 16 nitrogen and oxygen atoms in total. The summed E-state index contributed by atoms with van der Waals surface area (Å²) < 4.78 is 0. The number of nitrogens with one attached hydrogen (secondary N) is 2. The van der Waals surface area contributed by atoms with Crippen LogP contribution in [0.1, 0.15) is 91.2 Å². The molecule has 6 aromatic rings. The third kappa shape index (κ3) is 14.2. The number of carbonyl (C=O) groups excluding carboxylic acids is 4. The maximum Gasteiger partial charge on any atom is 2.00 e. The van der Waals surface area contributed by atoms with Crippen molar-refractivity contribution in [3.8, 4) is 45.0 Å². The van der Waals surface area contributed by atoms with Crippen LogP contribution >= 0.6 is 0 Å². The third-order valence-corrected chi connectivity index (χ3v) is 10.8. The Labute approximate surface area is 420 Å². The van der Waals surface area contributed by atoms with Crippen molar-refractivity contribution in [2.24, 2.45) is 11.8 Å². The fourth-order valence-electron chi connectivity index (χ4n) is 7.53.